The molecule has 0 aliphatic heterocycles. The number of alkyl halides is 4. The molecule has 0 heterocycles. The predicted octanol–water partition coefficient (Wildman–Crippen LogP) is 2.22. The summed E-state index contributed by atoms with van der Waals surface area (Å²) in [4.78, 5) is 0. The van der Waals surface area contributed by atoms with Crippen molar-refractivity contribution < 1.29 is 18.3 Å². The van der Waals surface area contributed by atoms with Crippen LogP contribution in [0.25, 0.3) is 0 Å². The fourth-order valence-electron chi connectivity index (χ4n) is 0.943. The van der Waals surface area contributed by atoms with Crippen molar-refractivity contribution in [1.82, 2.24) is 0 Å². The maximum absolute atomic E-state index is 12.1. The lowest BCUT2D eigenvalue weighted by atomic mass is 9.96. The maximum atomic E-state index is 12.1. The topological polar surface area (TPSA) is 20.2 Å². The average Bonchev–Trinajstić information content (AvgIpc) is 1.83. The van der Waals surface area contributed by atoms with Crippen LogP contribution in [0, 0.1) is 5.92 Å². The van der Waals surface area contributed by atoms with Crippen LogP contribution in [0.15, 0.2) is 24.3 Å². The van der Waals surface area contributed by atoms with Gasteiger partial charge in [0.1, 0.15) is 5.92 Å². The molecule has 68 valence electrons. The standard InChI is InChI=1S/C7H6ClF3O/c8-6(12)4-2-1-3-5(6)7(9,10)11/h1-5,12H/t5-,6-/m0/s1. The molecule has 1 N–H and O–H groups in total. The summed E-state index contributed by atoms with van der Waals surface area (Å²) in [6, 6.07) is 0. The zero-order chi connectivity index (χ0) is 9.41. The van der Waals surface area contributed by atoms with Crippen molar-refractivity contribution in [1.29, 1.82) is 0 Å². The van der Waals surface area contributed by atoms with Gasteiger partial charge in [0.2, 0.25) is 0 Å². The molecule has 12 heavy (non-hydrogen) atoms. The fourth-order valence-corrected chi connectivity index (χ4v) is 1.21. The highest BCUT2D eigenvalue weighted by molar-refractivity contribution is 6.24. The van der Waals surface area contributed by atoms with Crippen molar-refractivity contribution in [3.05, 3.63) is 24.3 Å². The van der Waals surface area contributed by atoms with Gasteiger partial charge < -0.3 is 5.11 Å². The molecule has 0 spiro atoms. The Labute approximate surface area is 72.1 Å². The average molecular weight is 199 g/mol. The minimum atomic E-state index is -4.52. The first-order valence-corrected chi connectivity index (χ1v) is 3.56. The Hall–Kier alpha value is -0.480. The number of halogens is 4. The Morgan fingerprint density at radius 1 is 1.33 bits per heavy atom. The normalized spacial score (nSPS) is 35.6. The van der Waals surface area contributed by atoms with E-state index in [1.807, 2.05) is 0 Å². The molecule has 0 saturated carbocycles. The van der Waals surface area contributed by atoms with Gasteiger partial charge in [-0.05, 0) is 6.08 Å². The van der Waals surface area contributed by atoms with Crippen LogP contribution < -0.4 is 0 Å². The van der Waals surface area contributed by atoms with E-state index in [0.717, 1.165) is 12.2 Å². The third-order valence-electron chi connectivity index (χ3n) is 1.53. The van der Waals surface area contributed by atoms with E-state index in [-0.39, 0.29) is 0 Å². The van der Waals surface area contributed by atoms with Crippen LogP contribution >= 0.6 is 11.6 Å². The second kappa shape index (κ2) is 2.78. The molecule has 0 aromatic rings. The van der Waals surface area contributed by atoms with Crippen molar-refractivity contribution in [3.63, 3.8) is 0 Å². The van der Waals surface area contributed by atoms with Crippen LogP contribution in [0.2, 0.25) is 0 Å². The summed E-state index contributed by atoms with van der Waals surface area (Å²) in [5.41, 5.74) is 0. The first-order valence-electron chi connectivity index (χ1n) is 3.18. The Bertz CT molecular complexity index is 229. The lowest BCUT2D eigenvalue weighted by Crippen LogP contribution is -2.39. The number of rotatable bonds is 0. The first kappa shape index (κ1) is 9.61. The smallest absolute Gasteiger partial charge is 0.370 e. The minimum Gasteiger partial charge on any atom is -0.370 e. The molecule has 2 atom stereocenters. The second-order valence-electron chi connectivity index (χ2n) is 2.49. The third-order valence-corrected chi connectivity index (χ3v) is 1.89. The molecule has 0 amide bonds. The highest BCUT2D eigenvalue weighted by Gasteiger charge is 2.50. The Balaban J connectivity index is 2.92. The fraction of sp³-hybridized carbons (Fsp3) is 0.429. The molecule has 0 aromatic heterocycles. The number of hydrogen-bond donors (Lipinski definition) is 1. The summed E-state index contributed by atoms with van der Waals surface area (Å²) < 4.78 is 36.3. The van der Waals surface area contributed by atoms with Gasteiger partial charge in [-0.2, -0.15) is 13.2 Å². The molecule has 0 aromatic carbocycles. The van der Waals surface area contributed by atoms with Crippen LogP contribution in [0.1, 0.15) is 0 Å². The first-order chi connectivity index (χ1) is 5.34. The van der Waals surface area contributed by atoms with E-state index in [1.54, 1.807) is 0 Å². The SMILES string of the molecule is O[C@@]1(Cl)C=CC=C[C@@H]1C(F)(F)F. The molecule has 0 saturated heterocycles. The number of aliphatic hydroxyl groups is 1. The van der Waals surface area contributed by atoms with Gasteiger partial charge in [-0.25, -0.2) is 0 Å². The molecule has 0 radical (unpaired) electrons. The van der Waals surface area contributed by atoms with Gasteiger partial charge in [0.05, 0.1) is 0 Å². The largest absolute Gasteiger partial charge is 0.399 e. The van der Waals surface area contributed by atoms with Crippen LogP contribution in [-0.4, -0.2) is 16.3 Å². The quantitative estimate of drug-likeness (QED) is 0.592. The third kappa shape index (κ3) is 1.81. The summed E-state index contributed by atoms with van der Waals surface area (Å²) in [6.07, 6.45) is -0.304. The van der Waals surface area contributed by atoms with Crippen LogP contribution in [0.4, 0.5) is 13.2 Å². The molecule has 1 nitrogen and oxygen atoms in total. The molecule has 5 heteroatoms. The monoisotopic (exact) mass is 198 g/mol. The lowest BCUT2D eigenvalue weighted by Gasteiger charge is -2.28. The van der Waals surface area contributed by atoms with Gasteiger partial charge in [0.25, 0.3) is 0 Å². The zero-order valence-corrected chi connectivity index (χ0v) is 6.60. The van der Waals surface area contributed by atoms with Gasteiger partial charge in [0.15, 0.2) is 5.06 Å². The summed E-state index contributed by atoms with van der Waals surface area (Å²) in [7, 11) is 0. The molecule has 1 aliphatic rings. The van der Waals surface area contributed by atoms with E-state index in [4.69, 9.17) is 16.7 Å². The van der Waals surface area contributed by atoms with Gasteiger partial charge in [-0.15, -0.1) is 0 Å². The highest BCUT2D eigenvalue weighted by Crippen LogP contribution is 2.40. The molecule has 1 aliphatic carbocycles. The van der Waals surface area contributed by atoms with Crippen molar-refractivity contribution >= 4 is 11.6 Å². The van der Waals surface area contributed by atoms with Gasteiger partial charge in [0, 0.05) is 0 Å². The van der Waals surface area contributed by atoms with Crippen LogP contribution in [0.3, 0.4) is 0 Å². The van der Waals surface area contributed by atoms with E-state index in [2.05, 4.69) is 0 Å². The molecular weight excluding hydrogens is 193 g/mol. The zero-order valence-electron chi connectivity index (χ0n) is 5.85. The van der Waals surface area contributed by atoms with E-state index < -0.39 is 17.2 Å². The van der Waals surface area contributed by atoms with Gasteiger partial charge >= 0.3 is 6.18 Å². The van der Waals surface area contributed by atoms with E-state index in [1.165, 1.54) is 12.2 Å². The Morgan fingerprint density at radius 2 is 1.92 bits per heavy atom. The van der Waals surface area contributed by atoms with E-state index >= 15 is 0 Å². The van der Waals surface area contributed by atoms with E-state index in [9.17, 15) is 13.2 Å². The van der Waals surface area contributed by atoms with Crippen molar-refractivity contribution in [2.45, 2.75) is 11.2 Å². The summed E-state index contributed by atoms with van der Waals surface area (Å²) in [5, 5.41) is 6.74. The molecule has 0 fully saturated rings. The predicted molar refractivity (Wildman–Crippen MR) is 38.6 cm³/mol. The Kier molecular flexibility index (Phi) is 2.23. The van der Waals surface area contributed by atoms with Crippen LogP contribution in [0.5, 0.6) is 0 Å². The van der Waals surface area contributed by atoms with Gasteiger partial charge in [-0.3, -0.25) is 0 Å². The van der Waals surface area contributed by atoms with Crippen molar-refractivity contribution in [3.8, 4) is 0 Å². The van der Waals surface area contributed by atoms with E-state index in [0.29, 0.717) is 0 Å². The summed E-state index contributed by atoms with van der Waals surface area (Å²) >= 11 is 5.22. The molecule has 0 unspecified atom stereocenters. The highest BCUT2D eigenvalue weighted by atomic mass is 35.5. The van der Waals surface area contributed by atoms with Crippen molar-refractivity contribution in [2.75, 3.05) is 0 Å². The summed E-state index contributed by atoms with van der Waals surface area (Å²) in [5.74, 6) is -2.03. The van der Waals surface area contributed by atoms with Gasteiger partial charge in [-0.1, -0.05) is 29.8 Å². The number of hydrogen-bond acceptors (Lipinski definition) is 1. The van der Waals surface area contributed by atoms with Crippen molar-refractivity contribution in [2.24, 2.45) is 5.92 Å². The van der Waals surface area contributed by atoms with Crippen LogP contribution in [-0.2, 0) is 0 Å². The molecular formula is C7H6ClF3O. The maximum Gasteiger partial charge on any atom is 0.399 e. The second-order valence-corrected chi connectivity index (χ2v) is 3.10. The number of allylic oxidation sites excluding steroid dienone is 2. The molecule has 0 bridgehead atoms. The summed E-state index contributed by atoms with van der Waals surface area (Å²) in [6.45, 7) is 0. The molecule has 1 rings (SSSR count). The Morgan fingerprint density at radius 3 is 2.25 bits per heavy atom. The lowest BCUT2D eigenvalue weighted by molar-refractivity contribution is -0.185. The minimum absolute atomic E-state index is 0.826.